The average molecular weight is 422 g/mol. The lowest BCUT2D eigenvalue weighted by Gasteiger charge is -2.13. The fourth-order valence-corrected chi connectivity index (χ4v) is 5.16. The molecule has 0 saturated heterocycles. The third kappa shape index (κ3) is 4.60. The van der Waals surface area contributed by atoms with Crippen molar-refractivity contribution < 1.29 is 4.74 Å². The largest absolute Gasteiger partial charge is 0.497 e. The number of nitrogens with one attached hydrogen (secondary N) is 1. The number of aryl methyl sites for hydroxylation is 1. The van der Waals surface area contributed by atoms with Crippen molar-refractivity contribution in [2.24, 2.45) is 0 Å². The van der Waals surface area contributed by atoms with E-state index in [9.17, 15) is 0 Å². The highest BCUT2D eigenvalue weighted by molar-refractivity contribution is 7.98. The number of rotatable bonds is 7. The molecule has 4 aromatic rings. The minimum Gasteiger partial charge on any atom is -0.497 e. The van der Waals surface area contributed by atoms with Crippen LogP contribution in [0.1, 0.15) is 22.4 Å². The molecule has 0 radical (unpaired) electrons. The summed E-state index contributed by atoms with van der Waals surface area (Å²) in [5.41, 5.74) is 6.94. The van der Waals surface area contributed by atoms with Gasteiger partial charge in [-0.05, 0) is 54.8 Å². The number of H-pyrrole nitrogens is 1. The van der Waals surface area contributed by atoms with Crippen LogP contribution in [0.15, 0.2) is 64.8 Å². The molecule has 0 aliphatic rings. The maximum atomic E-state index is 5.24. The molecule has 6 heteroatoms. The van der Waals surface area contributed by atoms with Gasteiger partial charge in [0, 0.05) is 22.6 Å². The highest BCUT2D eigenvalue weighted by Gasteiger charge is 2.12. The molecule has 2 aromatic heterocycles. The second kappa shape index (κ2) is 8.93. The number of pyridine rings is 1. The summed E-state index contributed by atoms with van der Waals surface area (Å²) in [6.45, 7) is 4.30. The number of aromatic amines is 1. The van der Waals surface area contributed by atoms with Crippen molar-refractivity contribution in [3.05, 3.63) is 77.1 Å². The molecule has 0 amide bonds. The van der Waals surface area contributed by atoms with Gasteiger partial charge in [0.15, 0.2) is 5.16 Å². The van der Waals surface area contributed by atoms with Gasteiger partial charge in [-0.2, -0.15) is 0 Å². The molecular formula is C23H23N3OS2. The summed E-state index contributed by atoms with van der Waals surface area (Å²) in [6, 6.07) is 16.4. The second-order valence-corrected chi connectivity index (χ2v) is 8.78. The first-order valence-electron chi connectivity index (χ1n) is 9.42. The number of thioether (sulfide) groups is 2. The van der Waals surface area contributed by atoms with Crippen LogP contribution in [0.25, 0.3) is 11.0 Å². The number of hydrogen-bond donors (Lipinski definition) is 1. The van der Waals surface area contributed by atoms with E-state index in [1.54, 1.807) is 18.9 Å². The molecule has 0 unspecified atom stereocenters. The Morgan fingerprint density at radius 1 is 0.966 bits per heavy atom. The Morgan fingerprint density at radius 3 is 2.52 bits per heavy atom. The fourth-order valence-electron chi connectivity index (χ4n) is 3.14. The number of aromatic nitrogens is 3. The summed E-state index contributed by atoms with van der Waals surface area (Å²) < 4.78 is 5.24. The lowest BCUT2D eigenvalue weighted by Crippen LogP contribution is -1.97. The van der Waals surface area contributed by atoms with E-state index in [1.165, 1.54) is 21.6 Å². The van der Waals surface area contributed by atoms with E-state index in [2.05, 4.69) is 42.0 Å². The Morgan fingerprint density at radius 2 is 1.76 bits per heavy atom. The number of nitrogens with zero attached hydrogens (tertiary/aromatic N) is 2. The quantitative estimate of drug-likeness (QED) is 0.362. The molecule has 0 spiro atoms. The molecule has 0 aliphatic heterocycles. The number of methoxy groups -OCH3 is 1. The van der Waals surface area contributed by atoms with Gasteiger partial charge in [-0.25, -0.2) is 4.98 Å². The number of hydrogen-bond acceptors (Lipinski definition) is 5. The number of fused-ring (bicyclic) bond motifs is 1. The molecule has 0 atom stereocenters. The second-order valence-electron chi connectivity index (χ2n) is 6.83. The van der Waals surface area contributed by atoms with E-state index in [4.69, 9.17) is 9.72 Å². The highest BCUT2D eigenvalue weighted by Crippen LogP contribution is 2.32. The molecule has 0 saturated carbocycles. The third-order valence-electron chi connectivity index (χ3n) is 4.80. The van der Waals surface area contributed by atoms with Gasteiger partial charge in [0.1, 0.15) is 5.75 Å². The van der Waals surface area contributed by atoms with Crippen LogP contribution in [0, 0.1) is 13.8 Å². The molecule has 0 aliphatic carbocycles. The van der Waals surface area contributed by atoms with Crippen LogP contribution in [0.3, 0.4) is 0 Å². The Bertz CT molecular complexity index is 1090. The molecule has 1 N–H and O–H groups in total. The van der Waals surface area contributed by atoms with Crippen LogP contribution in [-0.2, 0) is 11.5 Å². The van der Waals surface area contributed by atoms with E-state index >= 15 is 0 Å². The Balaban J connectivity index is 1.46. The average Bonchev–Trinajstić information content (AvgIpc) is 3.16. The van der Waals surface area contributed by atoms with Crippen LogP contribution < -0.4 is 4.74 Å². The van der Waals surface area contributed by atoms with E-state index < -0.39 is 0 Å². The number of benzene rings is 2. The monoisotopic (exact) mass is 421 g/mol. The zero-order chi connectivity index (χ0) is 20.2. The Kier molecular flexibility index (Phi) is 6.11. The third-order valence-corrected chi connectivity index (χ3v) is 7.08. The predicted molar refractivity (Wildman–Crippen MR) is 122 cm³/mol. The summed E-state index contributed by atoms with van der Waals surface area (Å²) in [4.78, 5) is 14.0. The first-order chi connectivity index (χ1) is 14.1. The molecule has 0 bridgehead atoms. The molecule has 2 aromatic carbocycles. The summed E-state index contributed by atoms with van der Waals surface area (Å²) in [5.74, 6) is 2.60. The number of imidazole rings is 1. The summed E-state index contributed by atoms with van der Waals surface area (Å²) in [7, 11) is 1.69. The van der Waals surface area contributed by atoms with Crippen molar-refractivity contribution >= 4 is 34.6 Å². The van der Waals surface area contributed by atoms with Crippen LogP contribution in [0.4, 0.5) is 0 Å². The van der Waals surface area contributed by atoms with E-state index in [1.807, 2.05) is 48.3 Å². The minimum absolute atomic E-state index is 0.794. The maximum Gasteiger partial charge on any atom is 0.166 e. The van der Waals surface area contributed by atoms with Crippen LogP contribution in [-0.4, -0.2) is 22.1 Å². The van der Waals surface area contributed by atoms with Crippen molar-refractivity contribution in [2.45, 2.75) is 35.4 Å². The van der Waals surface area contributed by atoms with Crippen LogP contribution in [0.5, 0.6) is 5.75 Å². The zero-order valence-electron chi connectivity index (χ0n) is 16.7. The van der Waals surface area contributed by atoms with Crippen molar-refractivity contribution in [2.75, 3.05) is 7.11 Å². The lowest BCUT2D eigenvalue weighted by molar-refractivity contribution is 0.414. The van der Waals surface area contributed by atoms with Gasteiger partial charge in [0.25, 0.3) is 0 Å². The van der Waals surface area contributed by atoms with E-state index in [0.717, 1.165) is 39.1 Å². The standard InChI is InChI=1S/C23H23N3OS2/c1-15-12-24-21(14-29-23-25-19-6-4-5-7-20(19)26-23)16(2)22(15)28-13-17-8-10-18(27-3)11-9-17/h4-12H,13-14H2,1-3H3,(H,25,26). The zero-order valence-corrected chi connectivity index (χ0v) is 18.4. The summed E-state index contributed by atoms with van der Waals surface area (Å²) >= 11 is 3.56. The van der Waals surface area contributed by atoms with Gasteiger partial charge in [0.05, 0.1) is 23.8 Å². The number of para-hydroxylation sites is 2. The van der Waals surface area contributed by atoms with Gasteiger partial charge in [-0.15, -0.1) is 11.8 Å². The first-order valence-corrected chi connectivity index (χ1v) is 11.4. The normalized spacial score (nSPS) is 11.1. The number of ether oxygens (including phenoxy) is 1. The first kappa shape index (κ1) is 19.9. The molecule has 29 heavy (non-hydrogen) atoms. The summed E-state index contributed by atoms with van der Waals surface area (Å²) in [6.07, 6.45) is 1.98. The van der Waals surface area contributed by atoms with Gasteiger partial charge in [-0.1, -0.05) is 36.0 Å². The Labute approximate surface area is 179 Å². The van der Waals surface area contributed by atoms with Crippen LogP contribution in [0.2, 0.25) is 0 Å². The Hall–Kier alpha value is -2.44. The van der Waals surface area contributed by atoms with Gasteiger partial charge in [-0.3, -0.25) is 4.98 Å². The molecule has 4 nitrogen and oxygen atoms in total. The molecular weight excluding hydrogens is 398 g/mol. The minimum atomic E-state index is 0.794. The molecule has 4 rings (SSSR count). The topological polar surface area (TPSA) is 50.8 Å². The maximum absolute atomic E-state index is 5.24. The lowest BCUT2D eigenvalue weighted by atomic mass is 10.2. The van der Waals surface area contributed by atoms with Crippen molar-refractivity contribution in [3.8, 4) is 5.75 Å². The van der Waals surface area contributed by atoms with Gasteiger partial charge >= 0.3 is 0 Å². The highest BCUT2D eigenvalue weighted by atomic mass is 32.2. The molecule has 2 heterocycles. The SMILES string of the molecule is COc1ccc(CSc2c(C)cnc(CSc3nc4ccccc4[nH]3)c2C)cc1. The van der Waals surface area contributed by atoms with Crippen molar-refractivity contribution in [1.82, 2.24) is 15.0 Å². The van der Waals surface area contributed by atoms with Crippen molar-refractivity contribution in [1.29, 1.82) is 0 Å². The summed E-state index contributed by atoms with van der Waals surface area (Å²) in [5, 5.41) is 0.931. The predicted octanol–water partition coefficient (Wildman–Crippen LogP) is 6.17. The van der Waals surface area contributed by atoms with Crippen LogP contribution >= 0.6 is 23.5 Å². The van der Waals surface area contributed by atoms with Crippen molar-refractivity contribution in [3.63, 3.8) is 0 Å². The fraction of sp³-hybridized carbons (Fsp3) is 0.217. The smallest absolute Gasteiger partial charge is 0.166 e. The molecule has 148 valence electrons. The van der Waals surface area contributed by atoms with Gasteiger partial charge < -0.3 is 9.72 Å². The molecule has 0 fully saturated rings. The van der Waals surface area contributed by atoms with Gasteiger partial charge in [0.2, 0.25) is 0 Å². The van der Waals surface area contributed by atoms with E-state index in [0.29, 0.717) is 0 Å². The van der Waals surface area contributed by atoms with E-state index in [-0.39, 0.29) is 0 Å².